The van der Waals surface area contributed by atoms with Crippen LogP contribution in [0.1, 0.15) is 13.3 Å². The molecule has 5 nitrogen and oxygen atoms in total. The standard InChI is InChI=1S/C6H10O5S/c1-6(7)11-4-2-3-5-12(8,9)10/h2,4H,3,5H2,1H3,(H,8,9,10). The van der Waals surface area contributed by atoms with E-state index in [1.807, 2.05) is 0 Å². The Labute approximate surface area is 70.8 Å². The first-order chi connectivity index (χ1) is 5.42. The fourth-order valence-corrected chi connectivity index (χ4v) is 0.863. The van der Waals surface area contributed by atoms with Gasteiger partial charge in [-0.2, -0.15) is 8.42 Å². The van der Waals surface area contributed by atoms with Crippen LogP contribution in [0.3, 0.4) is 0 Å². The van der Waals surface area contributed by atoms with Crippen LogP contribution >= 0.6 is 0 Å². The van der Waals surface area contributed by atoms with Crippen molar-refractivity contribution in [3.63, 3.8) is 0 Å². The van der Waals surface area contributed by atoms with Gasteiger partial charge in [0.25, 0.3) is 10.1 Å². The largest absolute Gasteiger partial charge is 0.435 e. The molecule has 0 aliphatic rings. The summed E-state index contributed by atoms with van der Waals surface area (Å²) in [4.78, 5) is 10.2. The first-order valence-electron chi connectivity index (χ1n) is 3.19. The summed E-state index contributed by atoms with van der Waals surface area (Å²) < 4.78 is 32.9. The molecule has 1 N–H and O–H groups in total. The highest BCUT2D eigenvalue weighted by molar-refractivity contribution is 7.85. The molecular formula is C6H10O5S. The van der Waals surface area contributed by atoms with Crippen LogP contribution in [0.25, 0.3) is 0 Å². The smallest absolute Gasteiger partial charge is 0.307 e. The molecule has 0 heterocycles. The Hall–Kier alpha value is -0.880. The predicted octanol–water partition coefficient (Wildman–Crippen LogP) is 0.341. The minimum atomic E-state index is -3.92. The number of carbonyl (C=O) groups excluding carboxylic acids is 1. The molecule has 0 aliphatic carbocycles. The Kier molecular flexibility index (Phi) is 4.53. The van der Waals surface area contributed by atoms with Gasteiger partial charge >= 0.3 is 5.97 Å². The fraction of sp³-hybridized carbons (Fsp3) is 0.500. The second-order valence-electron chi connectivity index (χ2n) is 2.06. The van der Waals surface area contributed by atoms with E-state index < -0.39 is 16.1 Å². The van der Waals surface area contributed by atoms with Gasteiger partial charge in [0, 0.05) is 6.92 Å². The summed E-state index contributed by atoms with van der Waals surface area (Å²) in [5, 5.41) is 0. The lowest BCUT2D eigenvalue weighted by atomic mass is 10.5. The molecule has 0 rings (SSSR count). The van der Waals surface area contributed by atoms with Crippen LogP contribution in [0.2, 0.25) is 0 Å². The molecule has 0 spiro atoms. The van der Waals surface area contributed by atoms with Crippen molar-refractivity contribution in [1.82, 2.24) is 0 Å². The third-order valence-electron chi connectivity index (χ3n) is 0.873. The van der Waals surface area contributed by atoms with Gasteiger partial charge < -0.3 is 4.74 Å². The van der Waals surface area contributed by atoms with E-state index in [1.54, 1.807) is 0 Å². The van der Waals surface area contributed by atoms with Crippen LogP contribution in [-0.4, -0.2) is 24.7 Å². The summed E-state index contributed by atoms with van der Waals surface area (Å²) in [6, 6.07) is 0. The molecular weight excluding hydrogens is 184 g/mol. The van der Waals surface area contributed by atoms with Gasteiger partial charge in [-0.25, -0.2) is 0 Å². The van der Waals surface area contributed by atoms with E-state index in [0.717, 1.165) is 6.26 Å². The Morgan fingerprint density at radius 2 is 2.17 bits per heavy atom. The summed E-state index contributed by atoms with van der Waals surface area (Å²) in [6.45, 7) is 1.23. The van der Waals surface area contributed by atoms with Crippen LogP contribution in [0.4, 0.5) is 0 Å². The van der Waals surface area contributed by atoms with E-state index in [-0.39, 0.29) is 12.2 Å². The van der Waals surface area contributed by atoms with Gasteiger partial charge in [-0.15, -0.1) is 0 Å². The second kappa shape index (κ2) is 4.89. The minimum absolute atomic E-state index is 0.117. The normalized spacial score (nSPS) is 11.8. The van der Waals surface area contributed by atoms with Crippen LogP contribution < -0.4 is 0 Å². The van der Waals surface area contributed by atoms with Gasteiger partial charge in [-0.1, -0.05) is 0 Å². The van der Waals surface area contributed by atoms with Gasteiger partial charge in [-0.3, -0.25) is 9.35 Å². The summed E-state index contributed by atoms with van der Waals surface area (Å²) >= 11 is 0. The molecule has 70 valence electrons. The average Bonchev–Trinajstić information content (AvgIpc) is 1.83. The quantitative estimate of drug-likeness (QED) is 0.396. The maximum absolute atomic E-state index is 10.2. The summed E-state index contributed by atoms with van der Waals surface area (Å²) in [5.41, 5.74) is 0. The zero-order valence-electron chi connectivity index (χ0n) is 6.56. The van der Waals surface area contributed by atoms with Crippen molar-refractivity contribution in [2.45, 2.75) is 13.3 Å². The fourth-order valence-electron chi connectivity index (χ4n) is 0.429. The van der Waals surface area contributed by atoms with E-state index in [4.69, 9.17) is 4.55 Å². The Bertz CT molecular complexity index is 264. The van der Waals surface area contributed by atoms with Gasteiger partial charge in [0.05, 0.1) is 12.0 Å². The van der Waals surface area contributed by atoms with E-state index in [1.165, 1.54) is 13.0 Å². The van der Waals surface area contributed by atoms with Crippen molar-refractivity contribution in [3.05, 3.63) is 12.3 Å². The summed E-state index contributed by atoms with van der Waals surface area (Å²) in [7, 11) is -3.92. The molecule has 0 aromatic carbocycles. The Morgan fingerprint density at radius 1 is 1.58 bits per heavy atom. The third kappa shape index (κ3) is 9.12. The molecule has 0 radical (unpaired) electrons. The first kappa shape index (κ1) is 11.1. The monoisotopic (exact) mass is 194 g/mol. The lowest BCUT2D eigenvalue weighted by molar-refractivity contribution is -0.135. The van der Waals surface area contributed by atoms with E-state index in [0.29, 0.717) is 0 Å². The number of rotatable bonds is 4. The van der Waals surface area contributed by atoms with Crippen LogP contribution in [0.15, 0.2) is 12.3 Å². The van der Waals surface area contributed by atoms with E-state index in [9.17, 15) is 13.2 Å². The maximum atomic E-state index is 10.2. The summed E-state index contributed by atoms with van der Waals surface area (Å²) in [5.74, 6) is -0.844. The number of hydrogen-bond donors (Lipinski definition) is 1. The number of allylic oxidation sites excluding steroid dienone is 1. The minimum Gasteiger partial charge on any atom is -0.435 e. The summed E-state index contributed by atoms with van der Waals surface area (Å²) in [6.07, 6.45) is 2.55. The lowest BCUT2D eigenvalue weighted by Crippen LogP contribution is -2.02. The molecule has 12 heavy (non-hydrogen) atoms. The lowest BCUT2D eigenvalue weighted by Gasteiger charge is -1.91. The highest BCUT2D eigenvalue weighted by Gasteiger charge is 2.00. The van der Waals surface area contributed by atoms with Gasteiger partial charge in [0.2, 0.25) is 0 Å². The zero-order valence-corrected chi connectivity index (χ0v) is 7.37. The molecule has 0 saturated carbocycles. The molecule has 0 aromatic rings. The highest BCUT2D eigenvalue weighted by atomic mass is 32.2. The number of hydrogen-bond acceptors (Lipinski definition) is 4. The van der Waals surface area contributed by atoms with Gasteiger partial charge in [0.1, 0.15) is 0 Å². The number of ether oxygens (including phenoxy) is 1. The molecule has 0 fully saturated rings. The molecule has 0 bridgehead atoms. The van der Waals surface area contributed by atoms with Crippen LogP contribution in [0.5, 0.6) is 0 Å². The highest BCUT2D eigenvalue weighted by Crippen LogP contribution is 1.90. The third-order valence-corrected chi connectivity index (χ3v) is 1.62. The number of esters is 1. The van der Waals surface area contributed by atoms with Gasteiger partial charge in [-0.05, 0) is 12.5 Å². The zero-order chi connectivity index (χ0) is 9.61. The van der Waals surface area contributed by atoms with Crippen molar-refractivity contribution >= 4 is 16.1 Å². The van der Waals surface area contributed by atoms with Crippen LogP contribution in [0, 0.1) is 0 Å². The predicted molar refractivity (Wildman–Crippen MR) is 41.9 cm³/mol. The van der Waals surface area contributed by atoms with E-state index in [2.05, 4.69) is 4.74 Å². The maximum Gasteiger partial charge on any atom is 0.307 e. The van der Waals surface area contributed by atoms with Crippen molar-refractivity contribution in [2.24, 2.45) is 0 Å². The SMILES string of the molecule is CC(=O)OC=CCCS(=O)(=O)O. The van der Waals surface area contributed by atoms with Crippen LogP contribution in [-0.2, 0) is 19.6 Å². The van der Waals surface area contributed by atoms with E-state index >= 15 is 0 Å². The van der Waals surface area contributed by atoms with Gasteiger partial charge in [0.15, 0.2) is 0 Å². The second-order valence-corrected chi connectivity index (χ2v) is 3.63. The first-order valence-corrected chi connectivity index (χ1v) is 4.80. The molecule has 0 aliphatic heterocycles. The topological polar surface area (TPSA) is 80.7 Å². The molecule has 0 saturated heterocycles. The number of carbonyl (C=O) groups is 1. The molecule has 0 amide bonds. The van der Waals surface area contributed by atoms with Crippen molar-refractivity contribution in [2.75, 3.05) is 5.75 Å². The molecule has 0 aromatic heterocycles. The van der Waals surface area contributed by atoms with Crippen molar-refractivity contribution in [3.8, 4) is 0 Å². The van der Waals surface area contributed by atoms with Crippen molar-refractivity contribution in [1.29, 1.82) is 0 Å². The molecule has 0 atom stereocenters. The molecule has 6 heteroatoms. The Morgan fingerprint density at radius 3 is 2.58 bits per heavy atom. The Balaban J connectivity index is 3.57. The molecule has 0 unspecified atom stereocenters. The van der Waals surface area contributed by atoms with Crippen molar-refractivity contribution < 1.29 is 22.5 Å². The average molecular weight is 194 g/mol.